The van der Waals surface area contributed by atoms with Gasteiger partial charge in [-0.1, -0.05) is 0 Å². The third-order valence-corrected chi connectivity index (χ3v) is 5.87. The minimum absolute atomic E-state index is 0.385. The molecule has 0 spiro atoms. The molecule has 4 nitrogen and oxygen atoms in total. The van der Waals surface area contributed by atoms with Gasteiger partial charge in [0.25, 0.3) is 0 Å². The van der Waals surface area contributed by atoms with Gasteiger partial charge in [-0.25, -0.2) is 0 Å². The second-order valence-corrected chi connectivity index (χ2v) is 7.20. The summed E-state index contributed by atoms with van der Waals surface area (Å²) >= 11 is 0. The Kier molecular flexibility index (Phi) is 3.33. The molecule has 0 aromatic heterocycles. The molecule has 0 aromatic rings. The highest BCUT2D eigenvalue weighted by atomic mass is 14.9. The Labute approximate surface area is 120 Å². The molecule has 4 aliphatic carbocycles. The summed E-state index contributed by atoms with van der Waals surface area (Å²) < 4.78 is 0. The van der Waals surface area contributed by atoms with Gasteiger partial charge in [0, 0.05) is 24.5 Å². The van der Waals surface area contributed by atoms with E-state index < -0.39 is 0 Å². The molecule has 4 aliphatic rings. The number of nitrogens with one attached hydrogen (secondary N) is 2. The summed E-state index contributed by atoms with van der Waals surface area (Å²) in [6.45, 7) is 2.84. The van der Waals surface area contributed by atoms with Crippen molar-refractivity contribution in [2.24, 2.45) is 28.9 Å². The monoisotopic (exact) mass is 272 g/mol. The van der Waals surface area contributed by atoms with E-state index in [1.807, 2.05) is 6.92 Å². The molecule has 0 heterocycles. The van der Waals surface area contributed by atoms with Crippen LogP contribution in [0.15, 0.2) is 11.3 Å². The standard InChI is InChI=1S/C16H24N4/c1-10(14(7-17)8-18)20-9-16-4-11-2-12(5-16)15(19)13(3-11)6-16/h7,11-13,15,17,20H,2-6,9,19H2,1H3/b14-10-,17-7?/t11?,12-,13+,15-,16-. The van der Waals surface area contributed by atoms with Gasteiger partial charge >= 0.3 is 0 Å². The number of allylic oxidation sites excluding steroid dienone is 2. The van der Waals surface area contributed by atoms with E-state index in [4.69, 9.17) is 16.4 Å². The number of nitrogens with zero attached hydrogens (tertiary/aromatic N) is 1. The molecule has 4 rings (SSSR count). The number of hydrogen-bond acceptors (Lipinski definition) is 4. The normalized spacial score (nSPS) is 42.9. The van der Waals surface area contributed by atoms with Crippen molar-refractivity contribution < 1.29 is 0 Å². The van der Waals surface area contributed by atoms with Gasteiger partial charge in [0.1, 0.15) is 6.07 Å². The van der Waals surface area contributed by atoms with Gasteiger partial charge in [-0.3, -0.25) is 0 Å². The van der Waals surface area contributed by atoms with Gasteiger partial charge in [-0.05, 0) is 62.2 Å². The molecule has 0 saturated heterocycles. The molecular formula is C16H24N4. The van der Waals surface area contributed by atoms with Crippen LogP contribution in [0.1, 0.15) is 39.0 Å². The maximum atomic E-state index is 8.98. The van der Waals surface area contributed by atoms with Crippen LogP contribution in [0.2, 0.25) is 0 Å². The molecule has 108 valence electrons. The first-order chi connectivity index (χ1) is 9.57. The Morgan fingerprint density at radius 1 is 1.40 bits per heavy atom. The van der Waals surface area contributed by atoms with Crippen molar-refractivity contribution in [3.8, 4) is 6.07 Å². The minimum atomic E-state index is 0.385. The Bertz CT molecular complexity index is 471. The molecule has 20 heavy (non-hydrogen) atoms. The van der Waals surface area contributed by atoms with Gasteiger partial charge in [0.15, 0.2) is 0 Å². The van der Waals surface area contributed by atoms with E-state index in [-0.39, 0.29) is 0 Å². The molecule has 0 aromatic carbocycles. The highest BCUT2D eigenvalue weighted by Crippen LogP contribution is 2.59. The van der Waals surface area contributed by atoms with Gasteiger partial charge in [-0.15, -0.1) is 0 Å². The molecule has 4 heteroatoms. The van der Waals surface area contributed by atoms with Crippen molar-refractivity contribution >= 4 is 6.21 Å². The zero-order valence-electron chi connectivity index (χ0n) is 12.2. The first kappa shape index (κ1) is 13.6. The van der Waals surface area contributed by atoms with E-state index >= 15 is 0 Å². The molecule has 4 fully saturated rings. The van der Waals surface area contributed by atoms with Gasteiger partial charge in [-0.2, -0.15) is 5.26 Å². The topological polar surface area (TPSA) is 85.7 Å². The largest absolute Gasteiger partial charge is 0.387 e. The van der Waals surface area contributed by atoms with Crippen LogP contribution in [-0.4, -0.2) is 18.8 Å². The zero-order chi connectivity index (χ0) is 14.3. The first-order valence-corrected chi connectivity index (χ1v) is 7.68. The maximum absolute atomic E-state index is 8.98. The maximum Gasteiger partial charge on any atom is 0.103 e. The van der Waals surface area contributed by atoms with Crippen LogP contribution in [0.25, 0.3) is 0 Å². The van der Waals surface area contributed by atoms with Crippen LogP contribution in [-0.2, 0) is 0 Å². The summed E-state index contributed by atoms with van der Waals surface area (Å²) in [6.07, 6.45) is 7.61. The van der Waals surface area contributed by atoms with E-state index in [2.05, 4.69) is 11.4 Å². The average molecular weight is 272 g/mol. The summed E-state index contributed by atoms with van der Waals surface area (Å²) in [5.74, 6) is 2.30. The number of nitrogens with two attached hydrogens (primary N) is 1. The lowest BCUT2D eigenvalue weighted by Crippen LogP contribution is -2.58. The van der Waals surface area contributed by atoms with Crippen LogP contribution < -0.4 is 11.1 Å². The van der Waals surface area contributed by atoms with Gasteiger partial charge in [0.2, 0.25) is 0 Å². The lowest BCUT2D eigenvalue weighted by atomic mass is 9.48. The van der Waals surface area contributed by atoms with Crippen molar-refractivity contribution in [1.29, 1.82) is 10.7 Å². The van der Waals surface area contributed by atoms with Crippen molar-refractivity contribution in [3.63, 3.8) is 0 Å². The number of hydrogen-bond donors (Lipinski definition) is 3. The number of nitriles is 1. The third kappa shape index (κ3) is 2.14. The van der Waals surface area contributed by atoms with Crippen molar-refractivity contribution in [2.45, 2.75) is 45.1 Å². The van der Waals surface area contributed by atoms with E-state index in [1.54, 1.807) is 0 Å². The van der Waals surface area contributed by atoms with Crippen molar-refractivity contribution in [1.82, 2.24) is 5.32 Å². The zero-order valence-corrected chi connectivity index (χ0v) is 12.2. The van der Waals surface area contributed by atoms with Crippen LogP contribution in [0, 0.1) is 39.9 Å². The lowest BCUT2D eigenvalue weighted by Gasteiger charge is -2.59. The second-order valence-electron chi connectivity index (χ2n) is 7.20. The van der Waals surface area contributed by atoms with Crippen LogP contribution in [0.5, 0.6) is 0 Å². The Balaban J connectivity index is 1.71. The van der Waals surface area contributed by atoms with E-state index in [0.717, 1.165) is 24.4 Å². The van der Waals surface area contributed by atoms with E-state index in [9.17, 15) is 0 Å². The smallest absolute Gasteiger partial charge is 0.103 e. The molecule has 0 aliphatic heterocycles. The molecule has 1 unspecified atom stereocenters. The van der Waals surface area contributed by atoms with E-state index in [1.165, 1.54) is 32.1 Å². The quantitative estimate of drug-likeness (QED) is 0.541. The average Bonchev–Trinajstić information content (AvgIpc) is 2.43. The molecular weight excluding hydrogens is 248 g/mol. The fraction of sp³-hybridized carbons (Fsp3) is 0.750. The Morgan fingerprint density at radius 3 is 2.60 bits per heavy atom. The Morgan fingerprint density at radius 2 is 2.05 bits per heavy atom. The van der Waals surface area contributed by atoms with Crippen LogP contribution in [0.4, 0.5) is 0 Å². The molecule has 0 radical (unpaired) electrons. The molecule has 0 amide bonds. The van der Waals surface area contributed by atoms with Gasteiger partial charge in [0.05, 0.1) is 5.57 Å². The highest BCUT2D eigenvalue weighted by Gasteiger charge is 2.54. The lowest BCUT2D eigenvalue weighted by molar-refractivity contribution is -0.0643. The molecule has 4 saturated carbocycles. The Hall–Kier alpha value is -1.34. The number of rotatable bonds is 4. The van der Waals surface area contributed by atoms with Crippen molar-refractivity contribution in [2.75, 3.05) is 6.54 Å². The van der Waals surface area contributed by atoms with Gasteiger partial charge < -0.3 is 16.5 Å². The summed E-state index contributed by atoms with van der Waals surface area (Å²) in [5, 5.41) is 19.7. The van der Waals surface area contributed by atoms with Crippen LogP contribution >= 0.6 is 0 Å². The highest BCUT2D eigenvalue weighted by molar-refractivity contribution is 5.82. The second kappa shape index (κ2) is 4.89. The summed E-state index contributed by atoms with van der Waals surface area (Å²) in [7, 11) is 0. The SMILES string of the molecule is C/C(NC[C@]12CC3C[C@H](C1)[C@@H](N)[C@@H](C3)C2)=C(/C#N)C=N. The molecule has 4 N–H and O–H groups in total. The summed E-state index contributed by atoms with van der Waals surface area (Å²) in [4.78, 5) is 0. The predicted octanol–water partition coefficient (Wildman–Crippen LogP) is 2.18. The van der Waals surface area contributed by atoms with Crippen LogP contribution in [0.3, 0.4) is 0 Å². The predicted molar refractivity (Wildman–Crippen MR) is 79.1 cm³/mol. The molecule has 5 atom stereocenters. The third-order valence-electron chi connectivity index (χ3n) is 5.87. The van der Waals surface area contributed by atoms with Crippen molar-refractivity contribution in [3.05, 3.63) is 11.3 Å². The fourth-order valence-electron chi connectivity index (χ4n) is 5.09. The fourth-order valence-corrected chi connectivity index (χ4v) is 5.09. The summed E-state index contributed by atoms with van der Waals surface area (Å²) in [5.41, 5.74) is 8.03. The summed E-state index contributed by atoms with van der Waals surface area (Å²) in [6, 6.07) is 2.49. The molecule has 4 bridgehead atoms. The van der Waals surface area contributed by atoms with E-state index in [0.29, 0.717) is 28.9 Å². The first-order valence-electron chi connectivity index (χ1n) is 7.68. The minimum Gasteiger partial charge on any atom is -0.387 e.